The molecule has 1 atom stereocenters. The van der Waals surface area contributed by atoms with Crippen molar-refractivity contribution in [3.05, 3.63) is 0 Å². The van der Waals surface area contributed by atoms with Crippen LogP contribution in [0.5, 0.6) is 0 Å². The van der Waals surface area contributed by atoms with Gasteiger partial charge in [0.05, 0.1) is 0 Å². The molecule has 1 fully saturated rings. The van der Waals surface area contributed by atoms with Crippen LogP contribution in [0.15, 0.2) is 4.99 Å². The van der Waals surface area contributed by atoms with Gasteiger partial charge in [0.2, 0.25) is 0 Å². The van der Waals surface area contributed by atoms with Gasteiger partial charge in [-0.2, -0.15) is 0 Å². The quantitative estimate of drug-likeness (QED) is 0.289. The van der Waals surface area contributed by atoms with Crippen molar-refractivity contribution in [2.45, 2.75) is 51.9 Å². The summed E-state index contributed by atoms with van der Waals surface area (Å²) in [5.74, 6) is 1.53. The van der Waals surface area contributed by atoms with Gasteiger partial charge >= 0.3 is 0 Å². The van der Waals surface area contributed by atoms with Gasteiger partial charge in [-0.1, -0.05) is 26.2 Å². The molecule has 1 rings (SSSR count). The molecule has 0 aromatic carbocycles. The van der Waals surface area contributed by atoms with Crippen LogP contribution in [0, 0.1) is 5.92 Å². The number of unbranched alkanes of at least 4 members (excludes halogenated alkanes) is 4. The van der Waals surface area contributed by atoms with Crippen LogP contribution in [0.1, 0.15) is 51.9 Å². The van der Waals surface area contributed by atoms with E-state index in [1.54, 1.807) is 0 Å². The smallest absolute Gasteiger partial charge is 0.191 e. The third-order valence-electron chi connectivity index (χ3n) is 4.02. The highest BCUT2D eigenvalue weighted by Crippen LogP contribution is 2.14. The number of nitrogens with two attached hydrogens (primary N) is 1. The molecule has 2 N–H and O–H groups in total. The van der Waals surface area contributed by atoms with Crippen LogP contribution < -0.4 is 5.73 Å². The molecule has 1 unspecified atom stereocenters. The van der Waals surface area contributed by atoms with Gasteiger partial charge in [0.15, 0.2) is 5.96 Å². The van der Waals surface area contributed by atoms with E-state index >= 15 is 0 Å². The highest BCUT2D eigenvalue weighted by molar-refractivity contribution is 14.0. The predicted octanol–water partition coefficient (Wildman–Crippen LogP) is 3.16. The minimum absolute atomic E-state index is 0. The zero-order valence-corrected chi connectivity index (χ0v) is 16.5. The summed E-state index contributed by atoms with van der Waals surface area (Å²) in [4.78, 5) is 9.05. The van der Waals surface area contributed by atoms with Crippen molar-refractivity contribution in [2.75, 3.05) is 40.3 Å². The number of guanidine groups is 1. The number of hydrogen-bond donors (Lipinski definition) is 1. The first-order valence-corrected chi connectivity index (χ1v) is 8.29. The number of nitrogens with zero attached hydrogens (tertiary/aromatic N) is 3. The third-order valence-corrected chi connectivity index (χ3v) is 4.02. The molecule has 5 heteroatoms. The molecule has 0 aromatic heterocycles. The lowest BCUT2D eigenvalue weighted by atomic mass is 10.0. The Morgan fingerprint density at radius 3 is 2.52 bits per heavy atom. The lowest BCUT2D eigenvalue weighted by Gasteiger charge is -2.31. The van der Waals surface area contributed by atoms with Gasteiger partial charge in [-0.25, -0.2) is 0 Å². The molecule has 0 saturated carbocycles. The summed E-state index contributed by atoms with van der Waals surface area (Å²) in [5, 5.41) is 0. The number of likely N-dealkylation sites (tertiary alicyclic amines) is 1. The molecule has 0 radical (unpaired) electrons. The fourth-order valence-corrected chi connectivity index (χ4v) is 2.76. The Morgan fingerprint density at radius 2 is 1.86 bits per heavy atom. The van der Waals surface area contributed by atoms with Gasteiger partial charge in [0.25, 0.3) is 0 Å². The number of aliphatic imine (C=N–C) groups is 1. The Morgan fingerprint density at radius 1 is 1.19 bits per heavy atom. The normalized spacial score (nSPS) is 19.7. The lowest BCUT2D eigenvalue weighted by Crippen LogP contribution is -2.43. The zero-order chi connectivity index (χ0) is 14.8. The summed E-state index contributed by atoms with van der Waals surface area (Å²) in [6.45, 7) is 6.57. The average molecular weight is 410 g/mol. The maximum absolute atomic E-state index is 6.08. The summed E-state index contributed by atoms with van der Waals surface area (Å²) in [5.41, 5.74) is 6.08. The predicted molar refractivity (Wildman–Crippen MR) is 104 cm³/mol. The van der Waals surface area contributed by atoms with Crippen LogP contribution in [-0.2, 0) is 0 Å². The monoisotopic (exact) mass is 410 g/mol. The second-order valence-corrected chi connectivity index (χ2v) is 6.50. The first-order chi connectivity index (χ1) is 9.59. The molecular weight excluding hydrogens is 375 g/mol. The molecule has 21 heavy (non-hydrogen) atoms. The molecule has 0 aromatic rings. The molecular formula is C16H35IN4. The van der Waals surface area contributed by atoms with Crippen molar-refractivity contribution in [1.29, 1.82) is 0 Å². The van der Waals surface area contributed by atoms with Crippen molar-refractivity contribution < 1.29 is 0 Å². The molecule has 4 nitrogen and oxygen atoms in total. The molecule has 1 aliphatic rings. The molecule has 1 heterocycles. The second kappa shape index (κ2) is 12.5. The highest BCUT2D eigenvalue weighted by Gasteiger charge is 2.17. The molecule has 0 amide bonds. The van der Waals surface area contributed by atoms with Crippen LogP contribution in [-0.4, -0.2) is 56.0 Å². The maximum Gasteiger partial charge on any atom is 0.191 e. The maximum atomic E-state index is 6.08. The van der Waals surface area contributed by atoms with Crippen molar-refractivity contribution in [2.24, 2.45) is 16.6 Å². The van der Waals surface area contributed by atoms with Gasteiger partial charge in [-0.15, -0.1) is 24.0 Å². The first-order valence-electron chi connectivity index (χ1n) is 8.29. The molecule has 0 aliphatic carbocycles. The summed E-state index contributed by atoms with van der Waals surface area (Å²) in [6, 6.07) is 0. The van der Waals surface area contributed by atoms with E-state index < -0.39 is 0 Å². The lowest BCUT2D eigenvalue weighted by molar-refractivity contribution is 0.270. The minimum atomic E-state index is 0. The van der Waals surface area contributed by atoms with Gasteiger partial charge in [-0.3, -0.25) is 4.99 Å². The average Bonchev–Trinajstić information content (AvgIpc) is 2.41. The number of piperidine rings is 1. The second-order valence-electron chi connectivity index (χ2n) is 6.50. The molecule has 1 aliphatic heterocycles. The Labute approximate surface area is 148 Å². The van der Waals surface area contributed by atoms with E-state index in [9.17, 15) is 0 Å². The van der Waals surface area contributed by atoms with E-state index in [4.69, 9.17) is 5.73 Å². The first kappa shape index (κ1) is 21.0. The van der Waals surface area contributed by atoms with Crippen molar-refractivity contribution in [3.63, 3.8) is 0 Å². The van der Waals surface area contributed by atoms with E-state index in [0.29, 0.717) is 0 Å². The standard InChI is InChI=1S/C16H34N4.HI/c1-15-10-9-13-20(14-15)16(17)18-11-7-5-4-6-8-12-19(2)3;/h15H,4-14H2,1-3H3,(H2,17,18);1H. The fourth-order valence-electron chi connectivity index (χ4n) is 2.76. The zero-order valence-electron chi connectivity index (χ0n) is 14.2. The van der Waals surface area contributed by atoms with Crippen LogP contribution in [0.4, 0.5) is 0 Å². The van der Waals surface area contributed by atoms with Crippen LogP contribution in [0.25, 0.3) is 0 Å². The van der Waals surface area contributed by atoms with Gasteiger partial charge in [-0.05, 0) is 52.2 Å². The summed E-state index contributed by atoms with van der Waals surface area (Å²) >= 11 is 0. The summed E-state index contributed by atoms with van der Waals surface area (Å²) in [7, 11) is 4.28. The fraction of sp³-hybridized carbons (Fsp3) is 0.938. The van der Waals surface area contributed by atoms with E-state index in [2.05, 4.69) is 35.8 Å². The summed E-state index contributed by atoms with van der Waals surface area (Å²) in [6.07, 6.45) is 9.00. The summed E-state index contributed by atoms with van der Waals surface area (Å²) < 4.78 is 0. The van der Waals surface area contributed by atoms with Gasteiger partial charge in [0, 0.05) is 19.6 Å². The minimum Gasteiger partial charge on any atom is -0.370 e. The Hall–Kier alpha value is -0.0400. The van der Waals surface area contributed by atoms with E-state index in [-0.39, 0.29) is 24.0 Å². The molecule has 0 bridgehead atoms. The van der Waals surface area contributed by atoms with Gasteiger partial charge < -0.3 is 15.5 Å². The van der Waals surface area contributed by atoms with E-state index in [1.807, 2.05) is 0 Å². The Bertz CT molecular complexity index is 281. The van der Waals surface area contributed by atoms with Crippen molar-refractivity contribution in [1.82, 2.24) is 9.80 Å². The van der Waals surface area contributed by atoms with Crippen LogP contribution in [0.2, 0.25) is 0 Å². The van der Waals surface area contributed by atoms with Crippen LogP contribution >= 0.6 is 24.0 Å². The van der Waals surface area contributed by atoms with Gasteiger partial charge in [0.1, 0.15) is 0 Å². The SMILES string of the molecule is CC1CCCN(C(N)=NCCCCCCCN(C)C)C1.I. The topological polar surface area (TPSA) is 44.9 Å². The van der Waals surface area contributed by atoms with Crippen molar-refractivity contribution >= 4 is 29.9 Å². The Kier molecular flexibility index (Phi) is 12.5. The largest absolute Gasteiger partial charge is 0.370 e. The molecule has 1 saturated heterocycles. The van der Waals surface area contributed by atoms with E-state index in [0.717, 1.165) is 31.5 Å². The number of hydrogen-bond acceptors (Lipinski definition) is 2. The molecule has 126 valence electrons. The number of rotatable bonds is 8. The van der Waals surface area contributed by atoms with E-state index in [1.165, 1.54) is 51.5 Å². The highest BCUT2D eigenvalue weighted by atomic mass is 127. The molecule has 0 spiro atoms. The number of halogens is 1. The Balaban J connectivity index is 0.00000400. The third kappa shape index (κ3) is 10.3. The van der Waals surface area contributed by atoms with Crippen LogP contribution in [0.3, 0.4) is 0 Å². The van der Waals surface area contributed by atoms with Crippen molar-refractivity contribution in [3.8, 4) is 0 Å².